The highest BCUT2D eigenvalue weighted by Crippen LogP contribution is 2.17. The molecule has 0 aliphatic heterocycles. The lowest BCUT2D eigenvalue weighted by atomic mass is 10.2. The van der Waals surface area contributed by atoms with E-state index in [0.717, 1.165) is 0 Å². The molecular formula is C19H20O6. The molecular weight excluding hydrogens is 324 g/mol. The van der Waals surface area contributed by atoms with Crippen LogP contribution in [-0.4, -0.2) is 38.9 Å². The van der Waals surface area contributed by atoms with Gasteiger partial charge in [0, 0.05) is 7.11 Å². The minimum Gasteiger partial charge on any atom is -0.494 e. The van der Waals surface area contributed by atoms with Crippen LogP contribution in [0.3, 0.4) is 0 Å². The third-order valence-corrected chi connectivity index (χ3v) is 3.22. The maximum Gasteiger partial charge on any atom is 0.343 e. The first-order valence-electron chi connectivity index (χ1n) is 7.85. The van der Waals surface area contributed by atoms with Gasteiger partial charge in [0.15, 0.2) is 0 Å². The Morgan fingerprint density at radius 3 is 1.92 bits per heavy atom. The molecule has 0 bridgehead atoms. The summed E-state index contributed by atoms with van der Waals surface area (Å²) >= 11 is 0. The van der Waals surface area contributed by atoms with Gasteiger partial charge >= 0.3 is 11.9 Å². The fraction of sp³-hybridized carbons (Fsp3) is 0.263. The molecule has 2 aromatic carbocycles. The van der Waals surface area contributed by atoms with Crippen LogP contribution >= 0.6 is 0 Å². The van der Waals surface area contributed by atoms with E-state index in [-0.39, 0.29) is 6.61 Å². The number of carbonyl (C=O) groups excluding carboxylic acids is 2. The van der Waals surface area contributed by atoms with E-state index >= 15 is 0 Å². The minimum absolute atomic E-state index is 0.184. The molecule has 0 saturated carbocycles. The number of carbonyl (C=O) groups is 2. The first-order valence-corrected chi connectivity index (χ1v) is 7.85. The van der Waals surface area contributed by atoms with Gasteiger partial charge in [0.1, 0.15) is 18.1 Å². The molecule has 0 spiro atoms. The number of rotatable bonds is 8. The Kier molecular flexibility index (Phi) is 6.98. The smallest absolute Gasteiger partial charge is 0.343 e. The zero-order chi connectivity index (χ0) is 18.1. The second-order valence-electron chi connectivity index (χ2n) is 5.00. The van der Waals surface area contributed by atoms with Gasteiger partial charge in [-0.25, -0.2) is 9.59 Å². The normalized spacial score (nSPS) is 10.2. The average molecular weight is 344 g/mol. The summed E-state index contributed by atoms with van der Waals surface area (Å²) in [6, 6.07) is 12.8. The standard InChI is InChI=1S/C19H20O6/c1-3-23-16-8-4-15(5-9-16)19(21)25-17-10-6-14(7-11-17)18(20)24-13-12-22-2/h4-11H,3,12-13H2,1-2H3. The lowest BCUT2D eigenvalue weighted by molar-refractivity contribution is 0.0388. The molecule has 2 aromatic rings. The van der Waals surface area contributed by atoms with Crippen molar-refractivity contribution in [3.05, 3.63) is 59.7 Å². The average Bonchev–Trinajstić information content (AvgIpc) is 2.63. The van der Waals surface area contributed by atoms with Crippen molar-refractivity contribution in [1.29, 1.82) is 0 Å². The summed E-state index contributed by atoms with van der Waals surface area (Å²) in [6.07, 6.45) is 0. The Balaban J connectivity index is 1.93. The van der Waals surface area contributed by atoms with Crippen LogP contribution in [0.1, 0.15) is 27.6 Å². The van der Waals surface area contributed by atoms with Crippen molar-refractivity contribution in [3.8, 4) is 11.5 Å². The summed E-state index contributed by atoms with van der Waals surface area (Å²) in [5, 5.41) is 0. The monoisotopic (exact) mass is 344 g/mol. The van der Waals surface area contributed by atoms with Crippen molar-refractivity contribution in [2.45, 2.75) is 6.92 Å². The highest BCUT2D eigenvalue weighted by atomic mass is 16.6. The van der Waals surface area contributed by atoms with Gasteiger partial charge in [-0.15, -0.1) is 0 Å². The van der Waals surface area contributed by atoms with E-state index in [1.54, 1.807) is 36.4 Å². The molecule has 0 aliphatic rings. The zero-order valence-electron chi connectivity index (χ0n) is 14.2. The molecule has 0 atom stereocenters. The van der Waals surface area contributed by atoms with Gasteiger partial charge in [0.05, 0.1) is 24.3 Å². The van der Waals surface area contributed by atoms with Gasteiger partial charge in [-0.3, -0.25) is 0 Å². The van der Waals surface area contributed by atoms with E-state index in [9.17, 15) is 9.59 Å². The van der Waals surface area contributed by atoms with Crippen LogP contribution in [0.15, 0.2) is 48.5 Å². The maximum atomic E-state index is 12.1. The number of hydrogen-bond donors (Lipinski definition) is 0. The van der Waals surface area contributed by atoms with Gasteiger partial charge in [-0.2, -0.15) is 0 Å². The van der Waals surface area contributed by atoms with E-state index in [1.807, 2.05) is 6.92 Å². The van der Waals surface area contributed by atoms with E-state index in [1.165, 1.54) is 19.2 Å². The Hall–Kier alpha value is -2.86. The van der Waals surface area contributed by atoms with Gasteiger partial charge in [0.25, 0.3) is 0 Å². The van der Waals surface area contributed by atoms with Crippen molar-refractivity contribution in [2.75, 3.05) is 26.9 Å². The van der Waals surface area contributed by atoms with Gasteiger partial charge in [-0.1, -0.05) is 0 Å². The number of ether oxygens (including phenoxy) is 4. The van der Waals surface area contributed by atoms with Crippen molar-refractivity contribution < 1.29 is 28.5 Å². The Morgan fingerprint density at radius 2 is 1.36 bits per heavy atom. The first-order chi connectivity index (χ1) is 12.1. The first kappa shape index (κ1) is 18.5. The molecule has 0 aromatic heterocycles. The van der Waals surface area contributed by atoms with E-state index in [4.69, 9.17) is 18.9 Å². The molecule has 132 valence electrons. The van der Waals surface area contributed by atoms with Crippen LogP contribution in [0.4, 0.5) is 0 Å². The van der Waals surface area contributed by atoms with Gasteiger partial charge in [0.2, 0.25) is 0 Å². The third-order valence-electron chi connectivity index (χ3n) is 3.22. The van der Waals surface area contributed by atoms with Gasteiger partial charge < -0.3 is 18.9 Å². The Labute approximate surface area is 146 Å². The van der Waals surface area contributed by atoms with Crippen molar-refractivity contribution in [2.24, 2.45) is 0 Å². The summed E-state index contributed by atoms with van der Waals surface area (Å²) in [6.45, 7) is 2.97. The zero-order valence-corrected chi connectivity index (χ0v) is 14.2. The van der Waals surface area contributed by atoms with Crippen LogP contribution in [0.25, 0.3) is 0 Å². The molecule has 6 nitrogen and oxygen atoms in total. The highest BCUT2D eigenvalue weighted by Gasteiger charge is 2.11. The fourth-order valence-electron chi connectivity index (χ4n) is 1.98. The van der Waals surface area contributed by atoms with E-state index < -0.39 is 11.9 Å². The van der Waals surface area contributed by atoms with Crippen molar-refractivity contribution >= 4 is 11.9 Å². The predicted octanol–water partition coefficient (Wildman–Crippen LogP) is 3.11. The van der Waals surface area contributed by atoms with E-state index in [0.29, 0.717) is 35.8 Å². The Morgan fingerprint density at radius 1 is 0.800 bits per heavy atom. The van der Waals surface area contributed by atoms with Crippen LogP contribution in [0.2, 0.25) is 0 Å². The predicted molar refractivity (Wildman–Crippen MR) is 91.2 cm³/mol. The quantitative estimate of drug-likeness (QED) is 0.416. The third kappa shape index (κ3) is 5.61. The molecule has 0 radical (unpaired) electrons. The lowest BCUT2D eigenvalue weighted by Crippen LogP contribution is -2.10. The number of methoxy groups -OCH3 is 1. The molecule has 0 unspecified atom stereocenters. The van der Waals surface area contributed by atoms with Crippen LogP contribution in [-0.2, 0) is 9.47 Å². The molecule has 0 aliphatic carbocycles. The van der Waals surface area contributed by atoms with E-state index in [2.05, 4.69) is 0 Å². The minimum atomic E-state index is -0.488. The topological polar surface area (TPSA) is 71.1 Å². The van der Waals surface area contributed by atoms with Crippen LogP contribution < -0.4 is 9.47 Å². The van der Waals surface area contributed by atoms with Gasteiger partial charge in [-0.05, 0) is 55.5 Å². The van der Waals surface area contributed by atoms with Crippen LogP contribution in [0, 0.1) is 0 Å². The van der Waals surface area contributed by atoms with Crippen LogP contribution in [0.5, 0.6) is 11.5 Å². The highest BCUT2D eigenvalue weighted by molar-refractivity contribution is 5.92. The number of benzene rings is 2. The second kappa shape index (κ2) is 9.44. The molecule has 0 fully saturated rings. The summed E-state index contributed by atoms with van der Waals surface area (Å²) in [7, 11) is 1.53. The number of esters is 2. The summed E-state index contributed by atoms with van der Waals surface area (Å²) in [5.41, 5.74) is 0.781. The van der Waals surface area contributed by atoms with Crippen molar-refractivity contribution in [1.82, 2.24) is 0 Å². The Bertz CT molecular complexity index is 691. The largest absolute Gasteiger partial charge is 0.494 e. The maximum absolute atomic E-state index is 12.1. The summed E-state index contributed by atoms with van der Waals surface area (Å²) in [5.74, 6) is 0.0858. The molecule has 6 heteroatoms. The van der Waals surface area contributed by atoms with Crippen molar-refractivity contribution in [3.63, 3.8) is 0 Å². The molecule has 25 heavy (non-hydrogen) atoms. The molecule has 0 amide bonds. The lowest BCUT2D eigenvalue weighted by Gasteiger charge is -2.07. The number of hydrogen-bond acceptors (Lipinski definition) is 6. The second-order valence-corrected chi connectivity index (χ2v) is 5.00. The summed E-state index contributed by atoms with van der Waals surface area (Å²) < 4.78 is 20.4. The SMILES string of the molecule is CCOc1ccc(C(=O)Oc2ccc(C(=O)OCCOC)cc2)cc1. The summed E-state index contributed by atoms with van der Waals surface area (Å²) in [4.78, 5) is 23.9. The molecule has 0 saturated heterocycles. The molecule has 0 heterocycles. The fourth-order valence-corrected chi connectivity index (χ4v) is 1.98. The molecule has 0 N–H and O–H groups in total. The molecule has 2 rings (SSSR count).